The van der Waals surface area contributed by atoms with E-state index in [0.29, 0.717) is 22.6 Å². The number of benzene rings is 3. The number of carbonyl (C=O) groups is 1. The number of hydrogen-bond donors (Lipinski definition) is 1. The van der Waals surface area contributed by atoms with Crippen molar-refractivity contribution in [3.8, 4) is 5.75 Å². The van der Waals surface area contributed by atoms with Crippen molar-refractivity contribution in [1.82, 2.24) is 10.3 Å². The van der Waals surface area contributed by atoms with Gasteiger partial charge in [-0.15, -0.1) is 0 Å². The minimum Gasteiger partial charge on any atom is -0.439 e. The zero-order valence-electron chi connectivity index (χ0n) is 16.9. The second-order valence-electron chi connectivity index (χ2n) is 7.79. The second-order valence-corrected chi connectivity index (χ2v) is 8.98. The Morgan fingerprint density at radius 3 is 2.66 bits per heavy atom. The minimum atomic E-state index is -1.23. The van der Waals surface area contributed by atoms with E-state index in [-0.39, 0.29) is 17.8 Å². The van der Waals surface area contributed by atoms with E-state index in [1.54, 1.807) is 24.3 Å². The predicted octanol–water partition coefficient (Wildman–Crippen LogP) is 4.88. The van der Waals surface area contributed by atoms with Crippen LogP contribution < -0.4 is 10.1 Å². The summed E-state index contributed by atoms with van der Waals surface area (Å²) in [5.74, 6) is 0.00522. The fourth-order valence-corrected chi connectivity index (χ4v) is 5.44. The van der Waals surface area contributed by atoms with E-state index in [9.17, 15) is 9.18 Å². The van der Waals surface area contributed by atoms with Gasteiger partial charge in [0.05, 0.1) is 16.7 Å². The van der Waals surface area contributed by atoms with Gasteiger partial charge in [-0.1, -0.05) is 66.7 Å². The molecule has 0 aromatic heterocycles. The highest BCUT2D eigenvalue weighted by atomic mass is 32.2. The smallest absolute Gasteiger partial charge is 0.336 e. The third-order valence-electron chi connectivity index (χ3n) is 5.78. The van der Waals surface area contributed by atoms with Gasteiger partial charge in [-0.3, -0.25) is 10.1 Å². The zero-order chi connectivity index (χ0) is 21.7. The summed E-state index contributed by atoms with van der Waals surface area (Å²) in [6.07, 6.45) is 2.25. The number of hydrogen-bond acceptors (Lipinski definition) is 5. The molecule has 0 saturated carbocycles. The largest absolute Gasteiger partial charge is 0.439 e. The summed E-state index contributed by atoms with van der Waals surface area (Å²) in [7, 11) is 0. The summed E-state index contributed by atoms with van der Waals surface area (Å²) in [6.45, 7) is 0. The van der Waals surface area contributed by atoms with E-state index in [2.05, 4.69) is 5.32 Å². The highest BCUT2D eigenvalue weighted by Crippen LogP contribution is 2.53. The molecule has 1 fully saturated rings. The number of halogens is 1. The molecule has 7 heteroatoms. The Morgan fingerprint density at radius 2 is 1.81 bits per heavy atom. The van der Waals surface area contributed by atoms with Crippen LogP contribution in [0.15, 0.2) is 88.9 Å². The van der Waals surface area contributed by atoms with Gasteiger partial charge in [0.1, 0.15) is 11.6 Å². The molecule has 3 aliphatic heterocycles. The van der Waals surface area contributed by atoms with E-state index in [4.69, 9.17) is 9.84 Å². The van der Waals surface area contributed by atoms with Crippen molar-refractivity contribution >= 4 is 29.5 Å². The first-order chi connectivity index (χ1) is 15.6. The molecule has 3 aliphatic rings. The average Bonchev–Trinajstić information content (AvgIpc) is 3.39. The van der Waals surface area contributed by atoms with E-state index in [1.165, 1.54) is 17.8 Å². The molecule has 1 saturated heterocycles. The monoisotopic (exact) mass is 443 g/mol. The van der Waals surface area contributed by atoms with Crippen molar-refractivity contribution < 1.29 is 13.9 Å². The van der Waals surface area contributed by atoms with Crippen molar-refractivity contribution in [3.63, 3.8) is 0 Å². The lowest BCUT2D eigenvalue weighted by molar-refractivity contribution is -0.127. The zero-order valence-corrected chi connectivity index (χ0v) is 17.7. The van der Waals surface area contributed by atoms with Crippen molar-refractivity contribution in [3.05, 3.63) is 106 Å². The molecule has 158 valence electrons. The maximum absolute atomic E-state index is 14.2. The quantitative estimate of drug-likeness (QED) is 0.574. The van der Waals surface area contributed by atoms with Gasteiger partial charge in [0, 0.05) is 17.5 Å². The minimum absolute atomic E-state index is 0.0873. The molecule has 0 unspecified atom stereocenters. The Hall–Kier alpha value is -3.58. The van der Waals surface area contributed by atoms with Crippen LogP contribution in [0.3, 0.4) is 0 Å². The van der Waals surface area contributed by atoms with Crippen LogP contribution in [0, 0.1) is 5.82 Å². The van der Waals surface area contributed by atoms with E-state index in [0.717, 1.165) is 16.8 Å². The molecular formula is C25H18FN3O2S. The van der Waals surface area contributed by atoms with Gasteiger partial charge in [0.25, 0.3) is 5.91 Å². The van der Waals surface area contributed by atoms with Crippen molar-refractivity contribution in [2.45, 2.75) is 17.6 Å². The fourth-order valence-electron chi connectivity index (χ4n) is 4.28. The molecule has 3 aromatic rings. The topological polar surface area (TPSA) is 53.9 Å². The molecule has 0 bridgehead atoms. The lowest BCUT2D eigenvalue weighted by atomic mass is 9.97. The van der Waals surface area contributed by atoms with Crippen molar-refractivity contribution in [2.24, 2.45) is 5.10 Å². The van der Waals surface area contributed by atoms with Gasteiger partial charge in [0.15, 0.2) is 0 Å². The summed E-state index contributed by atoms with van der Waals surface area (Å²) >= 11 is 1.21. The first-order valence-corrected chi connectivity index (χ1v) is 11.1. The SMILES string of the molecule is O=C1N[C@]2(Oc3ccccc3[C@@H]3CC(c4ccccc4)=NN32)S/C1=C\c1ccccc1F. The molecule has 3 heterocycles. The standard InChI is InChI=1S/C25H18FN3O2S/c26-19-12-6-4-10-17(19)14-23-24(30)27-25(32-23)29-21(18-11-5-7-13-22(18)31-25)15-20(28-29)16-8-2-1-3-9-16/h1-14,21H,15H2,(H,27,30)/b23-14-/t21-,25-/m0/s1. The van der Waals surface area contributed by atoms with Gasteiger partial charge < -0.3 is 4.74 Å². The van der Waals surface area contributed by atoms with E-state index in [1.807, 2.05) is 59.6 Å². The Balaban J connectivity index is 1.44. The third kappa shape index (κ3) is 3.00. The summed E-state index contributed by atoms with van der Waals surface area (Å²) in [5.41, 5.74) is 3.33. The van der Waals surface area contributed by atoms with Gasteiger partial charge in [-0.25, -0.2) is 9.40 Å². The number of nitrogens with one attached hydrogen (secondary N) is 1. The normalized spacial score (nSPS) is 24.7. The summed E-state index contributed by atoms with van der Waals surface area (Å²) in [5, 5.41) is 8.47. The molecule has 5 nitrogen and oxygen atoms in total. The third-order valence-corrected chi connectivity index (χ3v) is 6.95. The molecule has 6 rings (SSSR count). The molecule has 3 aromatic carbocycles. The van der Waals surface area contributed by atoms with Crippen molar-refractivity contribution in [1.29, 1.82) is 0 Å². The maximum atomic E-state index is 14.2. The number of thioether (sulfide) groups is 1. The predicted molar refractivity (Wildman–Crippen MR) is 122 cm³/mol. The summed E-state index contributed by atoms with van der Waals surface area (Å²) in [4.78, 5) is 13.3. The van der Waals surface area contributed by atoms with Crippen LogP contribution in [-0.4, -0.2) is 21.8 Å². The van der Waals surface area contributed by atoms with Crippen molar-refractivity contribution in [2.75, 3.05) is 0 Å². The van der Waals surface area contributed by atoms with Crippen LogP contribution in [0.5, 0.6) is 5.75 Å². The van der Waals surface area contributed by atoms with Gasteiger partial charge in [0.2, 0.25) is 0 Å². The van der Waals surface area contributed by atoms with E-state index < -0.39 is 5.18 Å². The number of para-hydroxylation sites is 1. The fraction of sp³-hybridized carbons (Fsp3) is 0.120. The number of amides is 1. The number of nitrogens with zero attached hydrogens (tertiary/aromatic N) is 2. The van der Waals surface area contributed by atoms with Gasteiger partial charge in [-0.05, 0) is 35.5 Å². The first-order valence-electron chi connectivity index (χ1n) is 10.3. The van der Waals surface area contributed by atoms with Crippen LogP contribution in [0.1, 0.15) is 29.2 Å². The van der Waals surface area contributed by atoms with Crippen LogP contribution in [0.25, 0.3) is 6.08 Å². The molecular weight excluding hydrogens is 425 g/mol. The Labute approximate surface area is 188 Å². The van der Waals surface area contributed by atoms with Crippen LogP contribution in [0.2, 0.25) is 0 Å². The molecule has 0 radical (unpaired) electrons. The molecule has 32 heavy (non-hydrogen) atoms. The summed E-state index contributed by atoms with van der Waals surface area (Å²) < 4.78 is 20.6. The Bertz CT molecular complexity index is 1290. The van der Waals surface area contributed by atoms with E-state index >= 15 is 0 Å². The van der Waals surface area contributed by atoms with Crippen LogP contribution in [0.4, 0.5) is 4.39 Å². The molecule has 1 N–H and O–H groups in total. The molecule has 2 atom stereocenters. The highest BCUT2D eigenvalue weighted by Gasteiger charge is 2.57. The number of fused-ring (bicyclic) bond motifs is 4. The first kappa shape index (κ1) is 19.1. The van der Waals surface area contributed by atoms with Crippen LogP contribution in [-0.2, 0) is 4.79 Å². The lowest BCUT2D eigenvalue weighted by Gasteiger charge is -2.43. The second kappa shape index (κ2) is 7.24. The molecule has 0 aliphatic carbocycles. The maximum Gasteiger partial charge on any atom is 0.336 e. The summed E-state index contributed by atoms with van der Waals surface area (Å²) in [6, 6.07) is 24.1. The Kier molecular flexibility index (Phi) is 4.33. The number of rotatable bonds is 2. The highest BCUT2D eigenvalue weighted by molar-refractivity contribution is 8.05. The number of carbonyl (C=O) groups excluding carboxylic acids is 1. The Morgan fingerprint density at radius 1 is 1.06 bits per heavy atom. The van der Waals surface area contributed by atoms with Gasteiger partial charge in [-0.2, -0.15) is 5.10 Å². The molecule has 1 amide bonds. The number of hydrazone groups is 1. The lowest BCUT2D eigenvalue weighted by Crippen LogP contribution is -2.58. The van der Waals surface area contributed by atoms with Crippen LogP contribution >= 0.6 is 11.8 Å². The average molecular weight is 444 g/mol. The van der Waals surface area contributed by atoms with Gasteiger partial charge >= 0.3 is 5.18 Å². The molecule has 1 spiro atoms. The number of ether oxygens (including phenoxy) is 1.